The van der Waals surface area contributed by atoms with Crippen molar-refractivity contribution in [3.8, 4) is 56.4 Å². The largest absolute Gasteiger partial charge is 0.456 e. The van der Waals surface area contributed by atoms with Crippen LogP contribution in [0.3, 0.4) is 0 Å². The summed E-state index contributed by atoms with van der Waals surface area (Å²) in [5.41, 5.74) is 14.9. The molecule has 0 saturated heterocycles. The van der Waals surface area contributed by atoms with Gasteiger partial charge in [0.05, 0.1) is 33.5 Å². The molecule has 312 valence electrons. The molecule has 0 N–H and O–H groups in total. The summed E-state index contributed by atoms with van der Waals surface area (Å²) in [5.74, 6) is 0.649. The lowest BCUT2D eigenvalue weighted by Gasteiger charge is -2.16. The molecule has 0 aliphatic heterocycles. The molecule has 0 spiro atoms. The van der Waals surface area contributed by atoms with Crippen molar-refractivity contribution in [3.63, 3.8) is 0 Å². The summed E-state index contributed by atoms with van der Waals surface area (Å²) < 4.78 is 11.1. The predicted octanol–water partition coefficient (Wildman–Crippen LogP) is 15.2. The molecule has 67 heavy (non-hydrogen) atoms. The van der Waals surface area contributed by atoms with Gasteiger partial charge >= 0.3 is 0 Å². The molecule has 0 fully saturated rings. The summed E-state index contributed by atoms with van der Waals surface area (Å²) in [4.78, 5) is 19.8. The Morgan fingerprint density at radius 1 is 0.343 bits per heavy atom. The lowest BCUT2D eigenvalue weighted by molar-refractivity contribution is 0.669. The first-order valence-electron chi connectivity index (χ1n) is 22.4. The highest BCUT2D eigenvalue weighted by Crippen LogP contribution is 2.42. The van der Waals surface area contributed by atoms with Crippen molar-refractivity contribution in [2.45, 2.75) is 0 Å². The Bertz CT molecular complexity index is 4040. The van der Waals surface area contributed by atoms with Crippen LogP contribution in [0.4, 0.5) is 0 Å². The lowest BCUT2D eigenvalue weighted by Crippen LogP contribution is -2.01. The van der Waals surface area contributed by atoms with Crippen LogP contribution >= 0.6 is 0 Å². The monoisotopic (exact) mass is 856 g/mol. The molecule has 0 aliphatic carbocycles. The zero-order chi connectivity index (χ0) is 44.0. The van der Waals surface area contributed by atoms with Crippen LogP contribution in [-0.2, 0) is 0 Å². The van der Waals surface area contributed by atoms with Crippen molar-refractivity contribution in [1.82, 2.24) is 29.1 Å². The fourth-order valence-corrected chi connectivity index (χ4v) is 10.3. The predicted molar refractivity (Wildman–Crippen MR) is 273 cm³/mol. The third-order valence-electron chi connectivity index (χ3n) is 13.3. The number of furan rings is 1. The molecule has 0 amide bonds. The summed E-state index contributed by atoms with van der Waals surface area (Å²) in [7, 11) is 0. The SMILES string of the molecule is c1ccc(-c2nc(-c3ccc(-c4cc5oc6ccccc6c5c5ccccc45)cc3)cc(-c3cc(-n4c5ccccc5c5cnccc54)cc(-n4c5ccccc5c5cnccc54)c3)n2)cc1. The second-order valence-corrected chi connectivity index (χ2v) is 17.1. The molecule has 0 saturated carbocycles. The lowest BCUT2D eigenvalue weighted by atomic mass is 9.94. The molecule has 6 aromatic heterocycles. The van der Waals surface area contributed by atoms with E-state index < -0.39 is 0 Å². The molecule has 14 rings (SSSR count). The minimum atomic E-state index is 0.649. The van der Waals surface area contributed by atoms with Crippen molar-refractivity contribution in [3.05, 3.63) is 219 Å². The molecule has 0 unspecified atom stereocenters. The summed E-state index contributed by atoms with van der Waals surface area (Å²) in [6, 6.07) is 68.3. The number of para-hydroxylation sites is 3. The molecule has 14 aromatic rings. The van der Waals surface area contributed by atoms with Gasteiger partial charge in [0.2, 0.25) is 0 Å². The molecular formula is C60H36N6O. The number of fused-ring (bicyclic) bond motifs is 11. The van der Waals surface area contributed by atoms with E-state index in [0.29, 0.717) is 5.82 Å². The van der Waals surface area contributed by atoms with Crippen molar-refractivity contribution < 1.29 is 4.42 Å². The fraction of sp³-hybridized carbons (Fsp3) is 0. The molecule has 0 radical (unpaired) electrons. The minimum absolute atomic E-state index is 0.649. The Morgan fingerprint density at radius 2 is 0.866 bits per heavy atom. The Labute approximate surface area is 383 Å². The smallest absolute Gasteiger partial charge is 0.160 e. The van der Waals surface area contributed by atoms with E-state index in [1.165, 1.54) is 10.8 Å². The topological polar surface area (TPSA) is 74.6 Å². The van der Waals surface area contributed by atoms with Gasteiger partial charge in [0.1, 0.15) is 11.2 Å². The first-order valence-corrected chi connectivity index (χ1v) is 22.4. The normalized spacial score (nSPS) is 11.9. The number of hydrogen-bond donors (Lipinski definition) is 0. The number of nitrogens with zero attached hydrogens (tertiary/aromatic N) is 6. The van der Waals surface area contributed by atoms with Gasteiger partial charge in [-0.15, -0.1) is 0 Å². The van der Waals surface area contributed by atoms with Crippen LogP contribution < -0.4 is 0 Å². The number of aromatic nitrogens is 6. The summed E-state index contributed by atoms with van der Waals surface area (Å²) in [6.07, 6.45) is 7.67. The van der Waals surface area contributed by atoms with Gasteiger partial charge in [-0.3, -0.25) is 9.97 Å². The molecule has 7 nitrogen and oxygen atoms in total. The third-order valence-corrected chi connectivity index (χ3v) is 13.3. The van der Waals surface area contributed by atoms with Gasteiger partial charge in [-0.2, -0.15) is 0 Å². The second-order valence-electron chi connectivity index (χ2n) is 17.1. The van der Waals surface area contributed by atoms with Gasteiger partial charge in [-0.05, 0) is 82.6 Å². The standard InChI is InChI=1S/C60H36N6O/c1-2-12-39(13-3-1)60-63-51(38-24-22-37(23-25-38)48-33-58-59(46-17-5-4-14-43(46)48)47-18-8-11-21-57(47)67-58)34-52(64-60)40-30-41(65-53-19-9-6-15-44(53)49-35-61-28-26-55(49)65)32-42(31-40)66-54-20-10-7-16-45(54)50-36-62-29-27-56(50)66/h1-36H. The highest BCUT2D eigenvalue weighted by molar-refractivity contribution is 6.22. The number of hydrogen-bond acceptors (Lipinski definition) is 5. The number of benzene rings is 8. The molecule has 8 aromatic carbocycles. The van der Waals surface area contributed by atoms with E-state index in [0.717, 1.165) is 116 Å². The molecule has 0 aliphatic rings. The highest BCUT2D eigenvalue weighted by Gasteiger charge is 2.20. The Balaban J connectivity index is 0.984. The molecule has 0 bridgehead atoms. The molecule has 0 atom stereocenters. The van der Waals surface area contributed by atoms with Crippen LogP contribution in [0.15, 0.2) is 223 Å². The average molecular weight is 857 g/mol. The quantitative estimate of drug-likeness (QED) is 0.167. The first-order chi connectivity index (χ1) is 33.2. The maximum atomic E-state index is 6.45. The van der Waals surface area contributed by atoms with Crippen molar-refractivity contribution in [1.29, 1.82) is 0 Å². The van der Waals surface area contributed by atoms with Gasteiger partial charge in [-0.25, -0.2) is 9.97 Å². The van der Waals surface area contributed by atoms with Crippen LogP contribution in [0.1, 0.15) is 0 Å². The maximum Gasteiger partial charge on any atom is 0.160 e. The van der Waals surface area contributed by atoms with E-state index in [2.05, 4.69) is 183 Å². The Kier molecular flexibility index (Phi) is 8.15. The molecule has 7 heteroatoms. The third kappa shape index (κ3) is 5.85. The van der Waals surface area contributed by atoms with Crippen LogP contribution in [0, 0.1) is 0 Å². The minimum Gasteiger partial charge on any atom is -0.456 e. The zero-order valence-corrected chi connectivity index (χ0v) is 35.9. The van der Waals surface area contributed by atoms with Crippen LogP contribution in [0.5, 0.6) is 0 Å². The van der Waals surface area contributed by atoms with Crippen molar-refractivity contribution in [2.75, 3.05) is 0 Å². The highest BCUT2D eigenvalue weighted by atomic mass is 16.3. The van der Waals surface area contributed by atoms with E-state index in [4.69, 9.17) is 14.4 Å². The Hall–Kier alpha value is -9.20. The van der Waals surface area contributed by atoms with E-state index in [-0.39, 0.29) is 0 Å². The van der Waals surface area contributed by atoms with E-state index in [1.54, 1.807) is 0 Å². The second kappa shape index (κ2) is 14.7. The summed E-state index contributed by atoms with van der Waals surface area (Å²) >= 11 is 0. The van der Waals surface area contributed by atoms with E-state index >= 15 is 0 Å². The summed E-state index contributed by atoms with van der Waals surface area (Å²) in [6.45, 7) is 0. The van der Waals surface area contributed by atoms with Gasteiger partial charge in [-0.1, -0.05) is 133 Å². The van der Waals surface area contributed by atoms with Crippen LogP contribution in [-0.4, -0.2) is 29.1 Å². The fourth-order valence-electron chi connectivity index (χ4n) is 10.3. The molecular weight excluding hydrogens is 821 g/mol. The molecule has 6 heterocycles. The van der Waals surface area contributed by atoms with Crippen molar-refractivity contribution >= 4 is 76.3 Å². The van der Waals surface area contributed by atoms with E-state index in [1.807, 2.05) is 55.1 Å². The summed E-state index contributed by atoms with van der Waals surface area (Å²) in [5, 5.41) is 9.10. The van der Waals surface area contributed by atoms with Crippen molar-refractivity contribution in [2.24, 2.45) is 0 Å². The zero-order valence-electron chi connectivity index (χ0n) is 35.9. The van der Waals surface area contributed by atoms with Crippen LogP contribution in [0.2, 0.25) is 0 Å². The van der Waals surface area contributed by atoms with Gasteiger partial charge in [0.25, 0.3) is 0 Å². The Morgan fingerprint density at radius 3 is 1.52 bits per heavy atom. The first kappa shape index (κ1) is 37.2. The van der Waals surface area contributed by atoms with Gasteiger partial charge in [0.15, 0.2) is 5.82 Å². The maximum absolute atomic E-state index is 6.45. The van der Waals surface area contributed by atoms with E-state index in [9.17, 15) is 0 Å². The average Bonchev–Trinajstić information content (AvgIpc) is 4.06. The van der Waals surface area contributed by atoms with Gasteiger partial charge < -0.3 is 13.6 Å². The number of pyridine rings is 2. The number of rotatable bonds is 6. The van der Waals surface area contributed by atoms with Crippen LogP contribution in [0.25, 0.3) is 133 Å². The van der Waals surface area contributed by atoms with Gasteiger partial charge in [0, 0.05) is 85.2 Å².